The maximum absolute atomic E-state index is 13.2. The highest BCUT2D eigenvalue weighted by atomic mass is 32.2. The molecule has 2 fully saturated rings. The summed E-state index contributed by atoms with van der Waals surface area (Å²) in [4.78, 5) is 13.2. The number of benzene rings is 1. The van der Waals surface area contributed by atoms with E-state index >= 15 is 0 Å². The number of hydrogen-bond acceptors (Lipinski definition) is 5. The molecule has 0 saturated carbocycles. The molecule has 1 N–H and O–H groups in total. The van der Waals surface area contributed by atoms with Crippen molar-refractivity contribution in [3.05, 3.63) is 35.9 Å². The molecule has 1 aromatic carbocycles. The maximum atomic E-state index is 13.2. The summed E-state index contributed by atoms with van der Waals surface area (Å²) in [7, 11) is -3.15. The van der Waals surface area contributed by atoms with Crippen LogP contribution in [0.5, 0.6) is 0 Å². The van der Waals surface area contributed by atoms with Crippen molar-refractivity contribution in [2.24, 2.45) is 5.41 Å². The number of nitrogens with one attached hydrogen (secondary N) is 1. The Hall–Kier alpha value is -0.160. The monoisotopic (exact) mass is 341 g/mol. The van der Waals surface area contributed by atoms with E-state index < -0.39 is 7.94 Å². The summed E-state index contributed by atoms with van der Waals surface area (Å²) in [6, 6.07) is 10.2. The Labute approximate surface area is 137 Å². The Morgan fingerprint density at radius 3 is 2.32 bits per heavy atom. The minimum absolute atomic E-state index is 0.0807. The predicted molar refractivity (Wildman–Crippen MR) is 90.4 cm³/mol. The summed E-state index contributed by atoms with van der Waals surface area (Å²) >= 11 is 1.78. The summed E-state index contributed by atoms with van der Waals surface area (Å²) in [5.41, 5.74) is 1.11. The van der Waals surface area contributed by atoms with Gasteiger partial charge in [0.05, 0.1) is 10.1 Å². The lowest BCUT2D eigenvalue weighted by atomic mass is 9.97. The van der Waals surface area contributed by atoms with E-state index in [-0.39, 0.29) is 21.3 Å². The first-order chi connectivity index (χ1) is 10.2. The van der Waals surface area contributed by atoms with Gasteiger partial charge in [0.1, 0.15) is 13.2 Å². The number of rotatable bonds is 2. The van der Waals surface area contributed by atoms with Crippen LogP contribution in [0.3, 0.4) is 0 Å². The topological polar surface area (TPSA) is 53.5 Å². The van der Waals surface area contributed by atoms with E-state index in [2.05, 4.69) is 45.1 Å². The van der Waals surface area contributed by atoms with Gasteiger partial charge in [0.2, 0.25) is 0 Å². The van der Waals surface area contributed by atoms with Crippen LogP contribution in [0.2, 0.25) is 0 Å². The van der Waals surface area contributed by atoms with E-state index in [1.54, 1.807) is 11.8 Å². The molecular weight excluding hydrogens is 317 g/mol. The van der Waals surface area contributed by atoms with Gasteiger partial charge in [-0.15, -0.1) is 11.8 Å². The third kappa shape index (κ3) is 3.21. The van der Waals surface area contributed by atoms with Gasteiger partial charge in [0.25, 0.3) is 7.94 Å². The molecule has 0 bridgehead atoms. The standard InChI is InChI=1S/C16H24NO3PS/c1-15(2)10-19-21(18,20-11-15)14-16(3,4)22-13(17-14)12-8-6-5-7-9-12/h5-9,13-14,17H,10-11H2,1-4H3/t13-,14+/m0/s1. The molecule has 0 radical (unpaired) electrons. The third-order valence-electron chi connectivity index (χ3n) is 4.08. The molecular formula is C16H24NO3PS. The first-order valence-corrected chi connectivity index (χ1v) is 10.1. The third-order valence-corrected chi connectivity index (χ3v) is 8.15. The summed E-state index contributed by atoms with van der Waals surface area (Å²) in [6.45, 7) is 9.27. The Morgan fingerprint density at radius 2 is 1.73 bits per heavy atom. The Morgan fingerprint density at radius 1 is 1.14 bits per heavy atom. The van der Waals surface area contributed by atoms with Gasteiger partial charge in [0, 0.05) is 5.41 Å². The van der Waals surface area contributed by atoms with Crippen molar-refractivity contribution in [1.29, 1.82) is 0 Å². The molecule has 0 amide bonds. The minimum atomic E-state index is -3.15. The minimum Gasteiger partial charge on any atom is -0.630 e. The van der Waals surface area contributed by atoms with Gasteiger partial charge in [0.15, 0.2) is 5.78 Å². The predicted octanol–water partition coefficient (Wildman–Crippen LogP) is 3.32. The average molecular weight is 341 g/mol. The molecule has 2 aliphatic rings. The number of hydrogen-bond donors (Lipinski definition) is 1. The molecule has 122 valence electrons. The lowest BCUT2D eigenvalue weighted by Crippen LogP contribution is -2.48. The summed E-state index contributed by atoms with van der Waals surface area (Å²) < 4.78 is 11.3. The van der Waals surface area contributed by atoms with Crippen LogP contribution in [0.1, 0.15) is 38.6 Å². The Balaban J connectivity index is 1.79. The largest absolute Gasteiger partial charge is 0.630 e. The van der Waals surface area contributed by atoms with Crippen molar-refractivity contribution in [2.75, 3.05) is 13.2 Å². The fourth-order valence-electron chi connectivity index (χ4n) is 2.77. The van der Waals surface area contributed by atoms with Gasteiger partial charge in [-0.3, -0.25) is 5.32 Å². The Bertz CT molecular complexity index is 527. The SMILES string of the molecule is CC1(C)CO[P+]([O-])([C@H]2N[C@H](c3ccccc3)SC2(C)C)OC1. The van der Waals surface area contributed by atoms with Crippen molar-refractivity contribution in [3.63, 3.8) is 0 Å². The van der Waals surface area contributed by atoms with E-state index in [1.807, 2.05) is 18.2 Å². The molecule has 0 unspecified atom stereocenters. The molecule has 0 aromatic heterocycles. The summed E-state index contributed by atoms with van der Waals surface area (Å²) in [5.74, 6) is -0.300. The van der Waals surface area contributed by atoms with Gasteiger partial charge in [-0.1, -0.05) is 44.2 Å². The van der Waals surface area contributed by atoms with E-state index in [0.717, 1.165) is 0 Å². The van der Waals surface area contributed by atoms with Crippen LogP contribution in [0.25, 0.3) is 0 Å². The molecule has 2 aliphatic heterocycles. The molecule has 22 heavy (non-hydrogen) atoms. The molecule has 2 saturated heterocycles. The molecule has 4 nitrogen and oxygen atoms in total. The van der Waals surface area contributed by atoms with Crippen molar-refractivity contribution in [2.45, 2.75) is 43.6 Å². The van der Waals surface area contributed by atoms with Crippen LogP contribution in [0.4, 0.5) is 0 Å². The van der Waals surface area contributed by atoms with Crippen LogP contribution < -0.4 is 10.2 Å². The second kappa shape index (κ2) is 5.73. The van der Waals surface area contributed by atoms with Gasteiger partial charge >= 0.3 is 0 Å². The quantitative estimate of drug-likeness (QED) is 0.836. The molecule has 0 spiro atoms. The zero-order valence-corrected chi connectivity index (χ0v) is 15.2. The lowest BCUT2D eigenvalue weighted by Gasteiger charge is -2.43. The number of thioether (sulfide) groups is 1. The highest BCUT2D eigenvalue weighted by Gasteiger charge is 2.58. The molecule has 0 aliphatic carbocycles. The highest BCUT2D eigenvalue weighted by Crippen LogP contribution is 2.68. The second-order valence-electron chi connectivity index (χ2n) is 7.33. The zero-order valence-electron chi connectivity index (χ0n) is 13.5. The van der Waals surface area contributed by atoms with Gasteiger partial charge in [-0.25, -0.2) is 9.05 Å². The highest BCUT2D eigenvalue weighted by molar-refractivity contribution is 8.01. The van der Waals surface area contributed by atoms with Gasteiger partial charge in [-0.2, -0.15) is 0 Å². The molecule has 1 aromatic rings. The van der Waals surface area contributed by atoms with Crippen LogP contribution in [0.15, 0.2) is 30.3 Å². The van der Waals surface area contributed by atoms with Crippen LogP contribution in [-0.4, -0.2) is 23.7 Å². The van der Waals surface area contributed by atoms with E-state index in [1.165, 1.54) is 5.56 Å². The van der Waals surface area contributed by atoms with Crippen molar-refractivity contribution in [3.8, 4) is 0 Å². The fraction of sp³-hybridized carbons (Fsp3) is 0.625. The van der Waals surface area contributed by atoms with Crippen LogP contribution in [0, 0.1) is 5.41 Å². The van der Waals surface area contributed by atoms with E-state index in [9.17, 15) is 4.89 Å². The van der Waals surface area contributed by atoms with Gasteiger partial charge < -0.3 is 4.89 Å². The van der Waals surface area contributed by atoms with Crippen molar-refractivity contribution < 1.29 is 13.9 Å². The molecule has 3 rings (SSSR count). The lowest BCUT2D eigenvalue weighted by molar-refractivity contribution is -0.237. The summed E-state index contributed by atoms with van der Waals surface area (Å²) in [6.07, 6.45) is 0. The average Bonchev–Trinajstić information content (AvgIpc) is 2.80. The van der Waals surface area contributed by atoms with Crippen molar-refractivity contribution in [1.82, 2.24) is 5.32 Å². The summed E-state index contributed by atoms with van der Waals surface area (Å²) in [5, 5.41) is 3.59. The molecule has 2 atom stereocenters. The fourth-order valence-corrected chi connectivity index (χ4v) is 7.27. The maximum Gasteiger partial charge on any atom is 0.256 e. The molecule has 6 heteroatoms. The van der Waals surface area contributed by atoms with Crippen molar-refractivity contribution >= 4 is 19.7 Å². The van der Waals surface area contributed by atoms with Crippen LogP contribution >= 0.6 is 19.7 Å². The Kier molecular flexibility index (Phi) is 4.35. The smallest absolute Gasteiger partial charge is 0.256 e. The van der Waals surface area contributed by atoms with Crippen LogP contribution in [-0.2, 0) is 9.05 Å². The van der Waals surface area contributed by atoms with Gasteiger partial charge in [-0.05, 0) is 19.4 Å². The second-order valence-corrected chi connectivity index (χ2v) is 11.2. The first kappa shape index (κ1) is 16.7. The molecule has 2 heterocycles. The normalized spacial score (nSPS) is 32.8. The zero-order chi connectivity index (χ0) is 16.0. The first-order valence-electron chi connectivity index (χ1n) is 7.60. The van der Waals surface area contributed by atoms with E-state index in [4.69, 9.17) is 9.05 Å². The van der Waals surface area contributed by atoms with E-state index in [0.29, 0.717) is 13.2 Å².